The van der Waals surface area contributed by atoms with Gasteiger partial charge in [0.05, 0.1) is 12.1 Å². The molecule has 0 fully saturated rings. The maximum atomic E-state index is 6.29. The van der Waals surface area contributed by atoms with Gasteiger partial charge in [0, 0.05) is 12.3 Å². The van der Waals surface area contributed by atoms with Crippen LogP contribution in [0.5, 0.6) is 17.2 Å². The van der Waals surface area contributed by atoms with Gasteiger partial charge in [0.15, 0.2) is 15.8 Å². The average Bonchev–Trinajstić information content (AvgIpc) is 3.19. The van der Waals surface area contributed by atoms with Gasteiger partial charge in [-0.25, -0.2) is 0 Å². The van der Waals surface area contributed by atoms with E-state index in [-0.39, 0.29) is 0 Å². The van der Waals surface area contributed by atoms with Crippen LogP contribution in [0.3, 0.4) is 0 Å². The van der Waals surface area contributed by atoms with Crippen LogP contribution >= 0.6 is 34.7 Å². The monoisotopic (exact) mass is 435 g/mol. The van der Waals surface area contributed by atoms with Crippen molar-refractivity contribution in [3.05, 3.63) is 52.5 Å². The second kappa shape index (κ2) is 8.89. The number of hydrogen-bond acceptors (Lipinski definition) is 8. The predicted molar refractivity (Wildman–Crippen MR) is 112 cm³/mol. The molecule has 0 atom stereocenters. The van der Waals surface area contributed by atoms with Crippen LogP contribution in [0.15, 0.2) is 40.7 Å². The molecule has 6 nitrogen and oxygen atoms in total. The van der Waals surface area contributed by atoms with Crippen molar-refractivity contribution in [2.24, 2.45) is 0 Å². The Labute approximate surface area is 176 Å². The Morgan fingerprint density at radius 2 is 1.96 bits per heavy atom. The van der Waals surface area contributed by atoms with Gasteiger partial charge in [0.1, 0.15) is 19.0 Å². The number of methoxy groups -OCH3 is 1. The maximum Gasteiger partial charge on any atom is 0.206 e. The Balaban J connectivity index is 1.33. The number of rotatable bonds is 7. The fourth-order valence-corrected chi connectivity index (χ4v) is 4.62. The lowest BCUT2D eigenvalue weighted by atomic mass is 10.2. The van der Waals surface area contributed by atoms with Crippen molar-refractivity contribution in [3.8, 4) is 17.2 Å². The minimum absolute atomic E-state index is 0.526. The van der Waals surface area contributed by atoms with Crippen LogP contribution in [0.1, 0.15) is 11.1 Å². The number of ether oxygens (including phenoxy) is 3. The number of nitrogens with one attached hydrogen (secondary N) is 1. The number of fused-ring (bicyclic) bond motifs is 1. The van der Waals surface area contributed by atoms with Gasteiger partial charge in [-0.1, -0.05) is 46.8 Å². The van der Waals surface area contributed by atoms with Crippen LogP contribution in [0, 0.1) is 0 Å². The smallest absolute Gasteiger partial charge is 0.206 e. The molecule has 0 radical (unpaired) electrons. The van der Waals surface area contributed by atoms with E-state index in [2.05, 4.69) is 15.5 Å². The predicted octanol–water partition coefficient (Wildman–Crippen LogP) is 4.88. The first kappa shape index (κ1) is 19.2. The normalized spacial score (nSPS) is 12.6. The largest absolute Gasteiger partial charge is 0.497 e. The molecule has 1 N–H and O–H groups in total. The lowest BCUT2D eigenvalue weighted by Gasteiger charge is -2.20. The SMILES string of the molecule is COc1ccc(CNc2nnc(SCc3cc(Cl)c4c(c3)OCCO4)s2)cc1. The van der Waals surface area contributed by atoms with Crippen molar-refractivity contribution in [1.82, 2.24) is 10.2 Å². The van der Waals surface area contributed by atoms with E-state index in [0.29, 0.717) is 36.3 Å². The van der Waals surface area contributed by atoms with Crippen LogP contribution in [0.4, 0.5) is 5.13 Å². The fraction of sp³-hybridized carbons (Fsp3) is 0.263. The molecule has 2 heterocycles. The number of benzene rings is 2. The van der Waals surface area contributed by atoms with Crippen molar-refractivity contribution in [3.63, 3.8) is 0 Å². The Kier molecular flexibility index (Phi) is 6.09. The van der Waals surface area contributed by atoms with E-state index < -0.39 is 0 Å². The summed E-state index contributed by atoms with van der Waals surface area (Å²) < 4.78 is 17.2. The molecule has 0 unspecified atom stereocenters. The molecule has 0 saturated carbocycles. The third kappa shape index (κ3) is 4.63. The van der Waals surface area contributed by atoms with Crippen molar-refractivity contribution in [2.45, 2.75) is 16.6 Å². The van der Waals surface area contributed by atoms with Gasteiger partial charge in [-0.3, -0.25) is 0 Å². The third-order valence-electron chi connectivity index (χ3n) is 4.03. The molecular weight excluding hydrogens is 418 g/mol. The summed E-state index contributed by atoms with van der Waals surface area (Å²) in [6, 6.07) is 11.8. The topological polar surface area (TPSA) is 65.5 Å². The zero-order valence-electron chi connectivity index (χ0n) is 15.1. The summed E-state index contributed by atoms with van der Waals surface area (Å²) in [4.78, 5) is 0. The molecule has 3 aromatic rings. The van der Waals surface area contributed by atoms with Crippen molar-refractivity contribution >= 4 is 39.8 Å². The molecule has 4 rings (SSSR count). The summed E-state index contributed by atoms with van der Waals surface area (Å²) in [7, 11) is 1.66. The lowest BCUT2D eigenvalue weighted by Crippen LogP contribution is -2.15. The van der Waals surface area contributed by atoms with Crippen LogP contribution in [0.25, 0.3) is 0 Å². The summed E-state index contributed by atoms with van der Waals surface area (Å²) in [6.07, 6.45) is 0. The molecule has 2 aromatic carbocycles. The van der Waals surface area contributed by atoms with E-state index in [1.165, 1.54) is 11.3 Å². The zero-order valence-corrected chi connectivity index (χ0v) is 17.5. The molecule has 1 aliphatic heterocycles. The Morgan fingerprint density at radius 1 is 1.14 bits per heavy atom. The van der Waals surface area contributed by atoms with Crippen LogP contribution in [-0.2, 0) is 12.3 Å². The van der Waals surface area contributed by atoms with Gasteiger partial charge in [0.25, 0.3) is 0 Å². The van der Waals surface area contributed by atoms with Gasteiger partial charge in [0.2, 0.25) is 5.13 Å². The van der Waals surface area contributed by atoms with Crippen molar-refractivity contribution in [1.29, 1.82) is 0 Å². The van der Waals surface area contributed by atoms with Gasteiger partial charge >= 0.3 is 0 Å². The Hall–Kier alpha value is -2.16. The van der Waals surface area contributed by atoms with Gasteiger partial charge in [-0.2, -0.15) is 0 Å². The Morgan fingerprint density at radius 3 is 2.79 bits per heavy atom. The van der Waals surface area contributed by atoms with Crippen molar-refractivity contribution < 1.29 is 14.2 Å². The number of anilines is 1. The number of thioether (sulfide) groups is 1. The highest BCUT2D eigenvalue weighted by Gasteiger charge is 2.17. The minimum Gasteiger partial charge on any atom is -0.497 e. The summed E-state index contributed by atoms with van der Waals surface area (Å²) in [5, 5.41) is 13.1. The first-order chi connectivity index (χ1) is 13.7. The van der Waals surface area contributed by atoms with E-state index in [4.69, 9.17) is 25.8 Å². The van der Waals surface area contributed by atoms with Gasteiger partial charge in [-0.05, 0) is 35.4 Å². The Bertz CT molecular complexity index is 950. The first-order valence-electron chi connectivity index (χ1n) is 8.62. The standard InChI is InChI=1S/C19H18ClN3O3S2/c1-24-14-4-2-12(3-5-14)10-21-18-22-23-19(28-18)27-11-13-8-15(20)17-16(9-13)25-6-7-26-17/h2-5,8-9H,6-7,10-11H2,1H3,(H,21,22). The summed E-state index contributed by atoms with van der Waals surface area (Å²) in [5.41, 5.74) is 2.21. The highest BCUT2D eigenvalue weighted by Crippen LogP contribution is 2.40. The number of nitrogens with zero attached hydrogens (tertiary/aromatic N) is 2. The molecule has 0 saturated heterocycles. The lowest BCUT2D eigenvalue weighted by molar-refractivity contribution is 0.171. The highest BCUT2D eigenvalue weighted by molar-refractivity contribution is 8.00. The summed E-state index contributed by atoms with van der Waals surface area (Å²) >= 11 is 9.44. The van der Waals surface area contributed by atoms with Gasteiger partial charge < -0.3 is 19.5 Å². The fourth-order valence-electron chi connectivity index (χ4n) is 2.65. The molecule has 1 aliphatic rings. The van der Waals surface area contributed by atoms with Crippen LogP contribution in [0.2, 0.25) is 5.02 Å². The number of hydrogen-bond donors (Lipinski definition) is 1. The summed E-state index contributed by atoms with van der Waals surface area (Å²) in [6.45, 7) is 1.75. The van der Waals surface area contributed by atoms with Crippen LogP contribution in [-0.4, -0.2) is 30.5 Å². The first-order valence-corrected chi connectivity index (χ1v) is 10.8. The second-order valence-corrected chi connectivity index (χ2v) is 8.57. The van der Waals surface area contributed by atoms with E-state index in [0.717, 1.165) is 32.1 Å². The maximum absolute atomic E-state index is 6.29. The second-order valence-electron chi connectivity index (χ2n) is 5.97. The molecule has 146 valence electrons. The van der Waals surface area contributed by atoms with E-state index in [1.54, 1.807) is 18.9 Å². The zero-order chi connectivity index (χ0) is 19.3. The molecule has 9 heteroatoms. The average molecular weight is 436 g/mol. The van der Waals surface area contributed by atoms with Crippen LogP contribution < -0.4 is 19.5 Å². The van der Waals surface area contributed by atoms with E-state index in [1.807, 2.05) is 36.4 Å². The van der Waals surface area contributed by atoms with Gasteiger partial charge in [-0.15, -0.1) is 10.2 Å². The van der Waals surface area contributed by atoms with E-state index in [9.17, 15) is 0 Å². The number of halogens is 1. The quantitative estimate of drug-likeness (QED) is 0.530. The van der Waals surface area contributed by atoms with Crippen molar-refractivity contribution in [2.75, 3.05) is 25.6 Å². The molecule has 1 aromatic heterocycles. The molecular formula is C19H18ClN3O3S2. The third-order valence-corrected chi connectivity index (χ3v) is 6.39. The number of aromatic nitrogens is 2. The molecule has 0 aliphatic carbocycles. The molecule has 0 amide bonds. The molecule has 0 spiro atoms. The highest BCUT2D eigenvalue weighted by atomic mass is 35.5. The minimum atomic E-state index is 0.526. The molecule has 0 bridgehead atoms. The summed E-state index contributed by atoms with van der Waals surface area (Å²) in [5.74, 6) is 2.90. The van der Waals surface area contributed by atoms with E-state index >= 15 is 0 Å². The molecule has 28 heavy (non-hydrogen) atoms.